The number of carbonyl (C=O) groups excluding carboxylic acids is 1. The van der Waals surface area contributed by atoms with Crippen LogP contribution >= 0.6 is 0 Å². The van der Waals surface area contributed by atoms with Crippen LogP contribution in [0.1, 0.15) is 50.2 Å². The molecule has 4 nitrogen and oxygen atoms in total. The number of rotatable bonds is 6. The molecule has 1 aromatic rings. The lowest BCUT2D eigenvalue weighted by molar-refractivity contribution is -0.124. The third-order valence-electron chi connectivity index (χ3n) is 4.49. The van der Waals surface area contributed by atoms with E-state index in [1.165, 1.54) is 11.1 Å². The van der Waals surface area contributed by atoms with E-state index in [4.69, 9.17) is 4.74 Å². The minimum absolute atomic E-state index is 0.00742. The monoisotopic (exact) mass is 305 g/mol. The second-order valence-corrected chi connectivity index (χ2v) is 6.31. The third kappa shape index (κ3) is 4.82. The highest BCUT2D eigenvalue weighted by Crippen LogP contribution is 2.21. The van der Waals surface area contributed by atoms with E-state index in [1.807, 2.05) is 0 Å². The molecule has 1 atom stereocenters. The molecule has 1 fully saturated rings. The fourth-order valence-corrected chi connectivity index (χ4v) is 2.74. The number of aryl methyl sites for hydroxylation is 1. The van der Waals surface area contributed by atoms with Crippen LogP contribution in [0.25, 0.3) is 0 Å². The van der Waals surface area contributed by atoms with Crippen molar-refractivity contribution in [3.8, 4) is 0 Å². The number of amides is 1. The Morgan fingerprint density at radius 3 is 2.55 bits per heavy atom. The molecule has 4 heteroatoms. The van der Waals surface area contributed by atoms with Crippen molar-refractivity contribution in [1.82, 2.24) is 5.32 Å². The zero-order valence-electron chi connectivity index (χ0n) is 13.6. The highest BCUT2D eigenvalue weighted by Gasteiger charge is 2.30. The summed E-state index contributed by atoms with van der Waals surface area (Å²) < 4.78 is 5.24. The minimum atomic E-state index is -0.806. The molecule has 2 N–H and O–H groups in total. The molecular formula is C18H27NO3. The van der Waals surface area contributed by atoms with Gasteiger partial charge in [-0.25, -0.2) is 0 Å². The first-order valence-corrected chi connectivity index (χ1v) is 8.18. The molecule has 2 rings (SSSR count). The van der Waals surface area contributed by atoms with E-state index < -0.39 is 5.60 Å². The summed E-state index contributed by atoms with van der Waals surface area (Å²) >= 11 is 0. The van der Waals surface area contributed by atoms with E-state index in [9.17, 15) is 9.90 Å². The van der Waals surface area contributed by atoms with Crippen LogP contribution in [0.5, 0.6) is 0 Å². The van der Waals surface area contributed by atoms with Gasteiger partial charge < -0.3 is 15.2 Å². The van der Waals surface area contributed by atoms with Gasteiger partial charge in [-0.2, -0.15) is 0 Å². The largest absolute Gasteiger partial charge is 0.388 e. The molecule has 1 unspecified atom stereocenters. The Kier molecular flexibility index (Phi) is 5.98. The second kappa shape index (κ2) is 7.75. The van der Waals surface area contributed by atoms with Crippen molar-refractivity contribution < 1.29 is 14.6 Å². The molecule has 0 saturated carbocycles. The minimum Gasteiger partial charge on any atom is -0.388 e. The first-order chi connectivity index (χ1) is 10.5. The van der Waals surface area contributed by atoms with Crippen LogP contribution in [-0.4, -0.2) is 36.4 Å². The Bertz CT molecular complexity index is 478. The molecule has 0 radical (unpaired) electrons. The van der Waals surface area contributed by atoms with Gasteiger partial charge in [-0.1, -0.05) is 38.1 Å². The van der Waals surface area contributed by atoms with Crippen LogP contribution in [0.15, 0.2) is 24.3 Å². The summed E-state index contributed by atoms with van der Waals surface area (Å²) in [5.41, 5.74) is 1.68. The molecule has 1 aliphatic heterocycles. The maximum atomic E-state index is 12.1. The van der Waals surface area contributed by atoms with E-state index in [2.05, 4.69) is 43.4 Å². The summed E-state index contributed by atoms with van der Waals surface area (Å²) in [5, 5.41) is 13.2. The average Bonchev–Trinajstić information content (AvgIpc) is 2.54. The fraction of sp³-hybridized carbons (Fsp3) is 0.611. The van der Waals surface area contributed by atoms with Gasteiger partial charge in [0.15, 0.2) is 0 Å². The molecular weight excluding hydrogens is 278 g/mol. The Hall–Kier alpha value is -1.39. The van der Waals surface area contributed by atoms with E-state index in [0.29, 0.717) is 39.0 Å². The van der Waals surface area contributed by atoms with Gasteiger partial charge in [-0.05, 0) is 23.5 Å². The van der Waals surface area contributed by atoms with Crippen molar-refractivity contribution in [1.29, 1.82) is 0 Å². The predicted molar refractivity (Wildman–Crippen MR) is 86.9 cm³/mol. The summed E-state index contributed by atoms with van der Waals surface area (Å²) in [6.45, 7) is 5.63. The topological polar surface area (TPSA) is 58.6 Å². The van der Waals surface area contributed by atoms with Gasteiger partial charge >= 0.3 is 0 Å². The van der Waals surface area contributed by atoms with Gasteiger partial charge in [-0.15, -0.1) is 0 Å². The molecule has 1 heterocycles. The number of ether oxygens (including phenoxy) is 1. The molecule has 1 saturated heterocycles. The van der Waals surface area contributed by atoms with Gasteiger partial charge in [0.25, 0.3) is 0 Å². The lowest BCUT2D eigenvalue weighted by Crippen LogP contribution is -2.46. The molecule has 0 aliphatic carbocycles. The van der Waals surface area contributed by atoms with Crippen LogP contribution in [0, 0.1) is 0 Å². The average molecular weight is 305 g/mol. The van der Waals surface area contributed by atoms with Gasteiger partial charge in [0.2, 0.25) is 5.91 Å². The number of carbonyl (C=O) groups is 1. The Balaban J connectivity index is 1.80. The summed E-state index contributed by atoms with van der Waals surface area (Å²) in [6.07, 6.45) is 2.64. The van der Waals surface area contributed by atoms with Crippen molar-refractivity contribution in [3.05, 3.63) is 35.4 Å². The van der Waals surface area contributed by atoms with Crippen molar-refractivity contribution in [2.45, 2.75) is 51.0 Å². The molecule has 0 bridgehead atoms. The summed E-state index contributed by atoms with van der Waals surface area (Å²) in [4.78, 5) is 12.1. The van der Waals surface area contributed by atoms with E-state index >= 15 is 0 Å². The third-order valence-corrected chi connectivity index (χ3v) is 4.49. The molecule has 122 valence electrons. The van der Waals surface area contributed by atoms with Gasteiger partial charge in [-0.3, -0.25) is 4.79 Å². The van der Waals surface area contributed by atoms with Crippen molar-refractivity contribution >= 4 is 5.91 Å². The Labute approximate surface area is 132 Å². The number of nitrogens with one attached hydrogen (secondary N) is 1. The quantitative estimate of drug-likeness (QED) is 0.848. The molecule has 1 amide bonds. The van der Waals surface area contributed by atoms with Gasteiger partial charge in [0.1, 0.15) is 0 Å². The summed E-state index contributed by atoms with van der Waals surface area (Å²) in [6, 6.07) is 8.44. The number of hydrogen-bond acceptors (Lipinski definition) is 3. The van der Waals surface area contributed by atoms with Crippen molar-refractivity contribution in [2.24, 2.45) is 0 Å². The molecule has 1 aromatic carbocycles. The van der Waals surface area contributed by atoms with Crippen LogP contribution in [0.3, 0.4) is 0 Å². The van der Waals surface area contributed by atoms with E-state index in [1.54, 1.807) is 0 Å². The lowest BCUT2D eigenvalue weighted by atomic mass is 9.93. The van der Waals surface area contributed by atoms with Crippen LogP contribution in [-0.2, 0) is 16.0 Å². The second-order valence-electron chi connectivity index (χ2n) is 6.31. The van der Waals surface area contributed by atoms with Crippen molar-refractivity contribution in [3.63, 3.8) is 0 Å². The number of benzene rings is 1. The Morgan fingerprint density at radius 1 is 1.32 bits per heavy atom. The van der Waals surface area contributed by atoms with E-state index in [-0.39, 0.29) is 11.8 Å². The highest BCUT2D eigenvalue weighted by atomic mass is 16.5. The maximum absolute atomic E-state index is 12.1. The van der Waals surface area contributed by atoms with Crippen molar-refractivity contribution in [2.75, 3.05) is 19.8 Å². The number of aliphatic hydroxyl groups is 1. The first-order valence-electron chi connectivity index (χ1n) is 8.18. The zero-order valence-corrected chi connectivity index (χ0v) is 13.6. The molecule has 0 spiro atoms. The fourth-order valence-electron chi connectivity index (χ4n) is 2.74. The maximum Gasteiger partial charge on any atom is 0.220 e. The Morgan fingerprint density at radius 2 is 1.95 bits per heavy atom. The van der Waals surface area contributed by atoms with Gasteiger partial charge in [0.05, 0.1) is 5.60 Å². The summed E-state index contributed by atoms with van der Waals surface area (Å²) in [5.74, 6) is 0.169. The molecule has 1 aliphatic rings. The van der Waals surface area contributed by atoms with Crippen LogP contribution in [0.4, 0.5) is 0 Å². The van der Waals surface area contributed by atoms with E-state index in [0.717, 1.165) is 6.42 Å². The highest BCUT2D eigenvalue weighted by molar-refractivity contribution is 5.76. The summed E-state index contributed by atoms with van der Waals surface area (Å²) in [7, 11) is 0. The SMILES string of the molecule is CCc1ccc(C(C)CC(=O)NCC2(O)CCOCC2)cc1. The zero-order chi connectivity index (χ0) is 16.0. The number of hydrogen-bond donors (Lipinski definition) is 2. The van der Waals surface area contributed by atoms with Crippen LogP contribution < -0.4 is 5.32 Å². The standard InChI is InChI=1S/C18H27NO3/c1-3-15-4-6-16(7-5-15)14(2)12-17(20)19-13-18(21)8-10-22-11-9-18/h4-7,14,21H,3,8-13H2,1-2H3,(H,19,20). The predicted octanol–water partition coefficient (Wildman–Crippen LogP) is 2.40. The lowest BCUT2D eigenvalue weighted by Gasteiger charge is -2.32. The van der Waals surface area contributed by atoms with Gasteiger partial charge in [0, 0.05) is 39.0 Å². The first kappa shape index (κ1) is 17.0. The molecule has 0 aromatic heterocycles. The normalized spacial score (nSPS) is 18.7. The smallest absolute Gasteiger partial charge is 0.220 e. The molecule has 22 heavy (non-hydrogen) atoms. The van der Waals surface area contributed by atoms with Crippen LogP contribution in [0.2, 0.25) is 0 Å².